The maximum Gasteiger partial charge on any atom is 0.334 e. The average Bonchev–Trinajstić information content (AvgIpc) is 2.45. The van der Waals surface area contributed by atoms with Gasteiger partial charge in [-0.3, -0.25) is 0 Å². The minimum atomic E-state index is -2.14. The Labute approximate surface area is 148 Å². The third-order valence-electron chi connectivity index (χ3n) is 6.11. The molecule has 1 rings (SSSR count). The number of carbonyl (C=O) groups excluding carboxylic acids is 1. The summed E-state index contributed by atoms with van der Waals surface area (Å²) in [5.41, 5.74) is 1.06. The summed E-state index contributed by atoms with van der Waals surface area (Å²) >= 11 is 0. The molecule has 1 N–H and O–H groups in total. The second-order valence-electron chi connectivity index (χ2n) is 8.93. The molecular weight excluding hydrogens is 320 g/mol. The van der Waals surface area contributed by atoms with Gasteiger partial charge in [-0.15, -0.1) is 0 Å². The van der Waals surface area contributed by atoms with Crippen LogP contribution in [0, 0.1) is 17.8 Å². The van der Waals surface area contributed by atoms with Crippen LogP contribution in [0.3, 0.4) is 0 Å². The summed E-state index contributed by atoms with van der Waals surface area (Å²) in [5, 5.41) is 10.5. The molecule has 0 aliphatic heterocycles. The van der Waals surface area contributed by atoms with Gasteiger partial charge in [-0.2, -0.15) is 0 Å². The first-order valence-electron chi connectivity index (χ1n) is 8.91. The normalized spacial score (nSPS) is 29.9. The predicted octanol–water partition coefficient (Wildman–Crippen LogP) is 4.15. The second kappa shape index (κ2) is 7.71. The summed E-state index contributed by atoms with van der Waals surface area (Å²) in [5.74, 6) is -0.172. The van der Waals surface area contributed by atoms with E-state index in [0.717, 1.165) is 12.0 Å². The summed E-state index contributed by atoms with van der Waals surface area (Å²) < 4.78 is 11.5. The highest BCUT2D eigenvalue weighted by atomic mass is 28.4. The number of esters is 1. The van der Waals surface area contributed by atoms with E-state index >= 15 is 0 Å². The first-order chi connectivity index (χ1) is 10.8. The fourth-order valence-corrected chi connectivity index (χ4v) is 4.41. The minimum Gasteiger partial charge on any atom is -0.467 e. The van der Waals surface area contributed by atoms with Crippen LogP contribution in [0.2, 0.25) is 18.1 Å². The molecule has 0 aromatic rings. The molecule has 1 fully saturated rings. The third-order valence-corrected chi connectivity index (χ3v) is 10.6. The van der Waals surface area contributed by atoms with E-state index in [1.807, 2.05) is 13.8 Å². The molecule has 0 heterocycles. The van der Waals surface area contributed by atoms with Crippen LogP contribution in [0.4, 0.5) is 0 Å². The third kappa shape index (κ3) is 4.70. The number of aliphatic hydroxyl groups excluding tert-OH is 1. The Kier molecular flexibility index (Phi) is 6.87. The van der Waals surface area contributed by atoms with Gasteiger partial charge in [-0.25, -0.2) is 4.79 Å². The Balaban J connectivity index is 3.14. The predicted molar refractivity (Wildman–Crippen MR) is 100 cm³/mol. The Hall–Kier alpha value is -0.653. The molecule has 140 valence electrons. The Morgan fingerprint density at radius 1 is 1.29 bits per heavy atom. The Bertz CT molecular complexity index is 466. The molecule has 1 aliphatic rings. The molecule has 0 aromatic carbocycles. The van der Waals surface area contributed by atoms with Crippen LogP contribution in [0.25, 0.3) is 0 Å². The van der Waals surface area contributed by atoms with Crippen molar-refractivity contribution < 1.29 is 19.1 Å². The van der Waals surface area contributed by atoms with E-state index in [9.17, 15) is 9.90 Å². The summed E-state index contributed by atoms with van der Waals surface area (Å²) in [7, 11) is -0.729. The molecule has 24 heavy (non-hydrogen) atoms. The van der Waals surface area contributed by atoms with Crippen LogP contribution >= 0.6 is 0 Å². The topological polar surface area (TPSA) is 55.8 Å². The number of allylic oxidation sites excluding steroid dienone is 1. The molecule has 0 unspecified atom stereocenters. The largest absolute Gasteiger partial charge is 0.467 e. The zero-order chi connectivity index (χ0) is 18.9. The van der Waals surface area contributed by atoms with Crippen molar-refractivity contribution in [3.63, 3.8) is 0 Å². The average molecular weight is 357 g/mol. The van der Waals surface area contributed by atoms with E-state index < -0.39 is 20.5 Å². The van der Waals surface area contributed by atoms with E-state index in [1.165, 1.54) is 7.11 Å². The lowest BCUT2D eigenvalue weighted by atomic mass is 9.69. The van der Waals surface area contributed by atoms with Crippen molar-refractivity contribution in [3.05, 3.63) is 12.2 Å². The highest BCUT2D eigenvalue weighted by molar-refractivity contribution is 6.74. The smallest absolute Gasteiger partial charge is 0.334 e. The first-order valence-corrected chi connectivity index (χ1v) is 11.8. The van der Waals surface area contributed by atoms with Gasteiger partial charge < -0.3 is 14.3 Å². The molecule has 1 aliphatic carbocycles. The van der Waals surface area contributed by atoms with Crippen molar-refractivity contribution in [2.45, 2.75) is 77.8 Å². The second-order valence-corrected chi connectivity index (χ2v) is 13.7. The van der Waals surface area contributed by atoms with E-state index in [1.54, 1.807) is 0 Å². The van der Waals surface area contributed by atoms with Crippen LogP contribution in [0.5, 0.6) is 0 Å². The van der Waals surface area contributed by atoms with Crippen molar-refractivity contribution in [1.82, 2.24) is 0 Å². The van der Waals surface area contributed by atoms with Gasteiger partial charge in [0.1, 0.15) is 6.10 Å². The first kappa shape index (κ1) is 21.4. The fourth-order valence-electron chi connectivity index (χ4n) is 3.15. The maximum absolute atomic E-state index is 12.5. The molecule has 0 bridgehead atoms. The molecule has 5 atom stereocenters. The number of rotatable bonds is 5. The van der Waals surface area contributed by atoms with Crippen molar-refractivity contribution >= 4 is 14.3 Å². The molecule has 0 radical (unpaired) electrons. The molecule has 1 saturated carbocycles. The highest BCUT2D eigenvalue weighted by Gasteiger charge is 2.47. The van der Waals surface area contributed by atoms with Crippen molar-refractivity contribution in [2.75, 3.05) is 7.11 Å². The van der Waals surface area contributed by atoms with Crippen LogP contribution in [-0.2, 0) is 14.0 Å². The van der Waals surface area contributed by atoms with Crippen LogP contribution in [-0.4, -0.2) is 38.7 Å². The van der Waals surface area contributed by atoms with E-state index in [0.29, 0.717) is 6.42 Å². The van der Waals surface area contributed by atoms with Gasteiger partial charge >= 0.3 is 5.97 Å². The van der Waals surface area contributed by atoms with Gasteiger partial charge in [0.25, 0.3) is 0 Å². The lowest BCUT2D eigenvalue weighted by Crippen LogP contribution is -2.52. The summed E-state index contributed by atoms with van der Waals surface area (Å²) in [6.45, 7) is 18.8. The fraction of sp³-hybridized carbons (Fsp3) is 0.842. The molecule has 0 aromatic heterocycles. The molecule has 0 amide bonds. The van der Waals surface area contributed by atoms with Gasteiger partial charge in [0, 0.05) is 5.92 Å². The molecular formula is C19H36O4Si. The number of ether oxygens (including phenoxy) is 1. The summed E-state index contributed by atoms with van der Waals surface area (Å²) in [6, 6.07) is 0. The number of aliphatic hydroxyl groups is 1. The highest BCUT2D eigenvalue weighted by Crippen LogP contribution is 2.43. The van der Waals surface area contributed by atoms with E-state index in [-0.39, 0.29) is 28.8 Å². The number of methoxy groups -OCH3 is 1. The quantitative estimate of drug-likeness (QED) is 0.457. The van der Waals surface area contributed by atoms with Crippen molar-refractivity contribution in [2.24, 2.45) is 17.8 Å². The Morgan fingerprint density at radius 3 is 2.25 bits per heavy atom. The molecule has 0 spiro atoms. The van der Waals surface area contributed by atoms with Gasteiger partial charge in [0.15, 0.2) is 8.32 Å². The number of hydrogen-bond donors (Lipinski definition) is 1. The van der Waals surface area contributed by atoms with Gasteiger partial charge in [-0.05, 0) is 49.7 Å². The summed E-state index contributed by atoms with van der Waals surface area (Å²) in [6.07, 6.45) is 0.450. The zero-order valence-corrected chi connectivity index (χ0v) is 17.7. The summed E-state index contributed by atoms with van der Waals surface area (Å²) in [4.78, 5) is 12.5. The van der Waals surface area contributed by atoms with E-state index in [2.05, 4.69) is 40.4 Å². The lowest BCUT2D eigenvalue weighted by Gasteiger charge is -2.45. The molecule has 0 saturated heterocycles. The zero-order valence-electron chi connectivity index (χ0n) is 16.7. The van der Waals surface area contributed by atoms with Gasteiger partial charge in [0.05, 0.1) is 13.2 Å². The van der Waals surface area contributed by atoms with Crippen molar-refractivity contribution in [1.29, 1.82) is 0 Å². The van der Waals surface area contributed by atoms with Crippen molar-refractivity contribution in [3.8, 4) is 0 Å². The molecule has 4 nitrogen and oxygen atoms in total. The number of carbonyl (C=O) groups is 1. The van der Waals surface area contributed by atoms with Crippen LogP contribution in [0.1, 0.15) is 47.5 Å². The SMILES string of the molecule is C=C(C)[C@@H]1C[C@@H]([C@@H](O[Si](C)(C)C(C)(C)C)C(=O)OC)[C@H](C)[C@@H](O)C1. The minimum absolute atomic E-state index is 0.00352. The molecule has 5 heteroatoms. The van der Waals surface area contributed by atoms with E-state index in [4.69, 9.17) is 9.16 Å². The van der Waals surface area contributed by atoms with Gasteiger partial charge in [-0.1, -0.05) is 39.8 Å². The Morgan fingerprint density at radius 2 is 1.83 bits per heavy atom. The number of hydrogen-bond acceptors (Lipinski definition) is 4. The van der Waals surface area contributed by atoms with Crippen LogP contribution in [0.15, 0.2) is 12.2 Å². The van der Waals surface area contributed by atoms with Gasteiger partial charge in [0.2, 0.25) is 0 Å². The lowest BCUT2D eigenvalue weighted by molar-refractivity contribution is -0.156. The monoisotopic (exact) mass is 356 g/mol. The standard InChI is InChI=1S/C19H36O4Si/c1-12(2)14-10-15(13(3)16(20)11-14)17(18(21)22-7)23-24(8,9)19(4,5)6/h13-17,20H,1,10-11H2,2-9H3/t13-,14+,15+,16-,17+/m0/s1. The maximum atomic E-state index is 12.5. The van der Waals surface area contributed by atoms with Crippen LogP contribution < -0.4 is 0 Å².